The number of benzene rings is 1. The molecule has 6 nitrogen and oxygen atoms in total. The molecule has 1 N–H and O–H groups in total. The first kappa shape index (κ1) is 19.8. The molecule has 1 heterocycles. The van der Waals surface area contributed by atoms with Gasteiger partial charge in [0.2, 0.25) is 11.8 Å². The van der Waals surface area contributed by atoms with Gasteiger partial charge in [-0.2, -0.15) is 5.26 Å². The van der Waals surface area contributed by atoms with Crippen molar-refractivity contribution in [2.75, 3.05) is 25.0 Å². The molecule has 1 aliphatic rings. The molecule has 0 saturated carbocycles. The van der Waals surface area contributed by atoms with Crippen LogP contribution in [0.4, 0.5) is 5.69 Å². The largest absolute Gasteiger partial charge is 0.493 e. The van der Waals surface area contributed by atoms with E-state index in [9.17, 15) is 9.59 Å². The van der Waals surface area contributed by atoms with Gasteiger partial charge in [-0.05, 0) is 31.4 Å². The van der Waals surface area contributed by atoms with Crippen LogP contribution >= 0.6 is 0 Å². The minimum atomic E-state index is -0.188. The van der Waals surface area contributed by atoms with Crippen molar-refractivity contribution >= 4 is 17.5 Å². The van der Waals surface area contributed by atoms with E-state index in [1.807, 2.05) is 32.0 Å². The SMILES string of the molecule is CC(C)C(=O)N1CCCC(C(=O)Nc2cccc(OCCCC#N)c2)C1. The van der Waals surface area contributed by atoms with E-state index in [0.29, 0.717) is 37.4 Å². The van der Waals surface area contributed by atoms with Crippen LogP contribution in [0.1, 0.15) is 39.5 Å². The Morgan fingerprint density at radius 3 is 2.96 bits per heavy atom. The predicted octanol–water partition coefficient (Wildman–Crippen LogP) is 3.20. The first-order valence-corrected chi connectivity index (χ1v) is 9.20. The van der Waals surface area contributed by atoms with Gasteiger partial charge in [0.25, 0.3) is 0 Å². The maximum absolute atomic E-state index is 12.6. The zero-order valence-electron chi connectivity index (χ0n) is 15.5. The van der Waals surface area contributed by atoms with Crippen LogP contribution in [0.5, 0.6) is 5.75 Å². The van der Waals surface area contributed by atoms with E-state index in [0.717, 1.165) is 19.4 Å². The molecule has 0 aromatic heterocycles. The molecular formula is C20H27N3O3. The summed E-state index contributed by atoms with van der Waals surface area (Å²) in [5.74, 6) is 0.475. The summed E-state index contributed by atoms with van der Waals surface area (Å²) in [4.78, 5) is 26.6. The second-order valence-electron chi connectivity index (χ2n) is 6.91. The Kier molecular flexibility index (Phi) is 7.46. The molecule has 1 atom stereocenters. The number of unbranched alkanes of at least 4 members (excludes halogenated alkanes) is 1. The third kappa shape index (κ3) is 5.76. The second kappa shape index (κ2) is 9.81. The molecule has 2 rings (SSSR count). The van der Waals surface area contributed by atoms with Gasteiger partial charge in [-0.25, -0.2) is 0 Å². The Morgan fingerprint density at radius 1 is 1.42 bits per heavy atom. The highest BCUT2D eigenvalue weighted by molar-refractivity contribution is 5.93. The molecule has 140 valence electrons. The van der Waals surface area contributed by atoms with Crippen LogP contribution in [0.3, 0.4) is 0 Å². The molecule has 6 heteroatoms. The van der Waals surface area contributed by atoms with Gasteiger partial charge >= 0.3 is 0 Å². The molecule has 1 aliphatic heterocycles. The number of carbonyl (C=O) groups excluding carboxylic acids is 2. The number of likely N-dealkylation sites (tertiary alicyclic amines) is 1. The second-order valence-corrected chi connectivity index (χ2v) is 6.91. The Bertz CT molecular complexity index is 667. The molecule has 1 aromatic carbocycles. The van der Waals surface area contributed by atoms with Gasteiger partial charge in [-0.1, -0.05) is 19.9 Å². The van der Waals surface area contributed by atoms with E-state index >= 15 is 0 Å². The van der Waals surface area contributed by atoms with Crippen LogP contribution in [-0.2, 0) is 9.59 Å². The maximum Gasteiger partial charge on any atom is 0.229 e. The van der Waals surface area contributed by atoms with Gasteiger partial charge in [0.15, 0.2) is 0 Å². The van der Waals surface area contributed by atoms with Gasteiger partial charge in [0.05, 0.1) is 18.6 Å². The van der Waals surface area contributed by atoms with E-state index in [1.165, 1.54) is 0 Å². The number of hydrogen-bond acceptors (Lipinski definition) is 4. The fourth-order valence-corrected chi connectivity index (χ4v) is 3.01. The van der Waals surface area contributed by atoms with Crippen LogP contribution < -0.4 is 10.1 Å². The zero-order chi connectivity index (χ0) is 18.9. The number of nitrogens with one attached hydrogen (secondary N) is 1. The van der Waals surface area contributed by atoms with Crippen molar-refractivity contribution in [3.8, 4) is 11.8 Å². The molecule has 1 aromatic rings. The minimum Gasteiger partial charge on any atom is -0.493 e. The summed E-state index contributed by atoms with van der Waals surface area (Å²) in [5, 5.41) is 11.5. The lowest BCUT2D eigenvalue weighted by Gasteiger charge is -2.33. The Hall–Kier alpha value is -2.55. The number of nitriles is 1. The van der Waals surface area contributed by atoms with E-state index in [1.54, 1.807) is 11.0 Å². The lowest BCUT2D eigenvalue weighted by molar-refractivity contribution is -0.137. The number of anilines is 1. The van der Waals surface area contributed by atoms with Crippen LogP contribution in [-0.4, -0.2) is 36.4 Å². The number of nitrogens with zero attached hydrogens (tertiary/aromatic N) is 2. The van der Waals surface area contributed by atoms with Crippen molar-refractivity contribution in [1.82, 2.24) is 4.90 Å². The number of piperidine rings is 1. The van der Waals surface area contributed by atoms with E-state index in [4.69, 9.17) is 10.00 Å². The maximum atomic E-state index is 12.6. The Morgan fingerprint density at radius 2 is 2.23 bits per heavy atom. The topological polar surface area (TPSA) is 82.4 Å². The average molecular weight is 357 g/mol. The number of hydrogen-bond donors (Lipinski definition) is 1. The highest BCUT2D eigenvalue weighted by Crippen LogP contribution is 2.22. The highest BCUT2D eigenvalue weighted by atomic mass is 16.5. The van der Waals surface area contributed by atoms with Gasteiger partial charge in [0, 0.05) is 37.2 Å². The first-order valence-electron chi connectivity index (χ1n) is 9.20. The molecule has 0 spiro atoms. The smallest absolute Gasteiger partial charge is 0.229 e. The quantitative estimate of drug-likeness (QED) is 0.760. The van der Waals surface area contributed by atoms with Crippen molar-refractivity contribution in [3.63, 3.8) is 0 Å². The van der Waals surface area contributed by atoms with Crippen molar-refractivity contribution in [1.29, 1.82) is 5.26 Å². The van der Waals surface area contributed by atoms with Crippen molar-refractivity contribution < 1.29 is 14.3 Å². The first-order chi connectivity index (χ1) is 12.5. The Balaban J connectivity index is 1.90. The number of carbonyl (C=O) groups is 2. The lowest BCUT2D eigenvalue weighted by atomic mass is 9.96. The summed E-state index contributed by atoms with van der Waals surface area (Å²) < 4.78 is 5.60. The summed E-state index contributed by atoms with van der Waals surface area (Å²) in [5.41, 5.74) is 0.681. The number of rotatable bonds is 7. The zero-order valence-corrected chi connectivity index (χ0v) is 15.5. The average Bonchev–Trinajstić information content (AvgIpc) is 2.65. The number of amides is 2. The summed E-state index contributed by atoms with van der Waals surface area (Å²) in [6, 6.07) is 9.33. The minimum absolute atomic E-state index is 0.0494. The van der Waals surface area contributed by atoms with E-state index in [-0.39, 0.29) is 23.7 Å². The molecule has 1 fully saturated rings. The molecule has 0 aliphatic carbocycles. The van der Waals surface area contributed by atoms with Crippen molar-refractivity contribution in [2.24, 2.45) is 11.8 Å². The van der Waals surface area contributed by atoms with Crippen molar-refractivity contribution in [2.45, 2.75) is 39.5 Å². The van der Waals surface area contributed by atoms with Gasteiger partial charge in [-0.3, -0.25) is 9.59 Å². The summed E-state index contributed by atoms with van der Waals surface area (Å²) >= 11 is 0. The molecule has 0 radical (unpaired) electrons. The lowest BCUT2D eigenvalue weighted by Crippen LogP contribution is -2.45. The molecular weight excluding hydrogens is 330 g/mol. The molecule has 0 bridgehead atoms. The van der Waals surface area contributed by atoms with Gasteiger partial charge in [-0.15, -0.1) is 0 Å². The van der Waals surface area contributed by atoms with Crippen LogP contribution in [0.2, 0.25) is 0 Å². The third-order valence-corrected chi connectivity index (χ3v) is 4.40. The molecule has 1 unspecified atom stereocenters. The molecule has 26 heavy (non-hydrogen) atoms. The fraction of sp³-hybridized carbons (Fsp3) is 0.550. The summed E-state index contributed by atoms with van der Waals surface area (Å²) in [7, 11) is 0. The normalized spacial score (nSPS) is 16.8. The summed E-state index contributed by atoms with van der Waals surface area (Å²) in [6.07, 6.45) is 2.77. The summed E-state index contributed by atoms with van der Waals surface area (Å²) in [6.45, 7) is 5.45. The van der Waals surface area contributed by atoms with Crippen LogP contribution in [0, 0.1) is 23.2 Å². The van der Waals surface area contributed by atoms with E-state index < -0.39 is 0 Å². The standard InChI is InChI=1S/C20H27N3O3/c1-15(2)20(25)23-11-6-7-16(14-23)19(24)22-17-8-5-9-18(13-17)26-12-4-3-10-21/h5,8-9,13,15-16H,3-4,6-7,11-12,14H2,1-2H3,(H,22,24). The predicted molar refractivity (Wildman–Crippen MR) is 99.6 cm³/mol. The fourth-order valence-electron chi connectivity index (χ4n) is 3.01. The molecule has 1 saturated heterocycles. The molecule has 2 amide bonds. The van der Waals surface area contributed by atoms with Gasteiger partial charge < -0.3 is 15.0 Å². The van der Waals surface area contributed by atoms with E-state index in [2.05, 4.69) is 11.4 Å². The third-order valence-electron chi connectivity index (χ3n) is 4.40. The van der Waals surface area contributed by atoms with Crippen LogP contribution in [0.25, 0.3) is 0 Å². The van der Waals surface area contributed by atoms with Gasteiger partial charge in [0.1, 0.15) is 5.75 Å². The number of ether oxygens (including phenoxy) is 1. The highest BCUT2D eigenvalue weighted by Gasteiger charge is 2.29. The monoisotopic (exact) mass is 357 g/mol. The van der Waals surface area contributed by atoms with Crippen LogP contribution in [0.15, 0.2) is 24.3 Å². The Labute approximate surface area is 155 Å². The van der Waals surface area contributed by atoms with Crippen molar-refractivity contribution in [3.05, 3.63) is 24.3 Å².